The molecule has 0 spiro atoms. The summed E-state index contributed by atoms with van der Waals surface area (Å²) in [7, 11) is 1.82. The van der Waals surface area contributed by atoms with Crippen molar-refractivity contribution < 1.29 is 14.3 Å². The number of carbonyl (C=O) groups excluding carboxylic acids is 2. The standard InChI is InChI=1S/C20H21ClN4O3S/c1-5-28-19(27)17-12(3)22-11(2)16(17)15(26)10-29-20-24-23-18(25(20)4)13-8-6-7-9-14(13)21/h6-9,22H,5,10H2,1-4H3. The van der Waals surface area contributed by atoms with E-state index in [1.165, 1.54) is 11.8 Å². The van der Waals surface area contributed by atoms with Gasteiger partial charge in [0.2, 0.25) is 0 Å². The van der Waals surface area contributed by atoms with Gasteiger partial charge < -0.3 is 14.3 Å². The average molecular weight is 433 g/mol. The van der Waals surface area contributed by atoms with Gasteiger partial charge >= 0.3 is 5.97 Å². The van der Waals surface area contributed by atoms with Crippen LogP contribution in [-0.4, -0.2) is 43.9 Å². The van der Waals surface area contributed by atoms with Gasteiger partial charge in [0.05, 0.1) is 28.5 Å². The van der Waals surface area contributed by atoms with Crippen LogP contribution in [0.2, 0.25) is 5.02 Å². The van der Waals surface area contributed by atoms with Crippen LogP contribution in [-0.2, 0) is 11.8 Å². The predicted octanol–water partition coefficient (Wildman–Crippen LogP) is 4.23. The number of carbonyl (C=O) groups is 2. The number of hydrogen-bond donors (Lipinski definition) is 1. The first-order valence-corrected chi connectivity index (χ1v) is 10.4. The van der Waals surface area contributed by atoms with Crippen LogP contribution in [0.1, 0.15) is 39.0 Å². The number of benzene rings is 1. The van der Waals surface area contributed by atoms with E-state index in [1.807, 2.05) is 25.2 Å². The number of esters is 1. The van der Waals surface area contributed by atoms with Crippen molar-refractivity contribution in [2.45, 2.75) is 25.9 Å². The molecule has 7 nitrogen and oxygen atoms in total. The Kier molecular flexibility index (Phi) is 6.44. The third-order valence-electron chi connectivity index (χ3n) is 4.42. The van der Waals surface area contributed by atoms with E-state index in [0.717, 1.165) is 5.56 Å². The van der Waals surface area contributed by atoms with Gasteiger partial charge in [0.15, 0.2) is 16.8 Å². The van der Waals surface area contributed by atoms with Crippen molar-refractivity contribution in [3.63, 3.8) is 0 Å². The zero-order valence-electron chi connectivity index (χ0n) is 16.6. The zero-order valence-corrected chi connectivity index (χ0v) is 18.1. The van der Waals surface area contributed by atoms with E-state index in [4.69, 9.17) is 16.3 Å². The van der Waals surface area contributed by atoms with E-state index < -0.39 is 5.97 Å². The van der Waals surface area contributed by atoms with E-state index in [1.54, 1.807) is 31.4 Å². The zero-order chi connectivity index (χ0) is 21.1. The first kappa shape index (κ1) is 21.1. The molecule has 0 saturated carbocycles. The van der Waals surface area contributed by atoms with Gasteiger partial charge in [-0.2, -0.15) is 0 Å². The Hall–Kier alpha value is -2.58. The molecule has 152 valence electrons. The van der Waals surface area contributed by atoms with Gasteiger partial charge in [-0.25, -0.2) is 4.79 Å². The number of halogens is 1. The molecule has 0 fully saturated rings. The molecule has 0 amide bonds. The molecule has 0 atom stereocenters. The van der Waals surface area contributed by atoms with Crippen LogP contribution in [0.15, 0.2) is 29.4 Å². The van der Waals surface area contributed by atoms with Crippen LogP contribution < -0.4 is 0 Å². The molecule has 9 heteroatoms. The molecule has 3 aromatic rings. The normalized spacial score (nSPS) is 10.9. The van der Waals surface area contributed by atoms with Crippen molar-refractivity contribution in [2.24, 2.45) is 7.05 Å². The van der Waals surface area contributed by atoms with Gasteiger partial charge in [-0.3, -0.25) is 4.79 Å². The Bertz CT molecular complexity index is 1070. The number of thioether (sulfide) groups is 1. The summed E-state index contributed by atoms with van der Waals surface area (Å²) in [5, 5.41) is 9.54. The quantitative estimate of drug-likeness (QED) is 0.341. The number of ether oxygens (including phenoxy) is 1. The van der Waals surface area contributed by atoms with Gasteiger partial charge in [0.25, 0.3) is 0 Å². The van der Waals surface area contributed by atoms with Crippen molar-refractivity contribution in [1.82, 2.24) is 19.7 Å². The molecule has 0 radical (unpaired) electrons. The molecule has 3 rings (SSSR count). The monoisotopic (exact) mass is 432 g/mol. The summed E-state index contributed by atoms with van der Waals surface area (Å²) in [5.74, 6) is 0.0509. The van der Waals surface area contributed by atoms with Crippen LogP contribution in [0.25, 0.3) is 11.4 Å². The van der Waals surface area contributed by atoms with E-state index in [-0.39, 0.29) is 18.1 Å². The summed E-state index contributed by atoms with van der Waals surface area (Å²) < 4.78 is 6.89. The third-order valence-corrected chi connectivity index (χ3v) is 5.77. The van der Waals surface area contributed by atoms with Crippen molar-refractivity contribution in [3.05, 3.63) is 51.8 Å². The largest absolute Gasteiger partial charge is 0.462 e. The number of nitrogens with zero attached hydrogens (tertiary/aromatic N) is 3. The maximum Gasteiger partial charge on any atom is 0.340 e. The second kappa shape index (κ2) is 8.84. The van der Waals surface area contributed by atoms with Crippen LogP contribution >= 0.6 is 23.4 Å². The first-order valence-electron chi connectivity index (χ1n) is 9.01. The molecular formula is C20H21ClN4O3S. The van der Waals surface area contributed by atoms with E-state index in [2.05, 4.69) is 15.2 Å². The summed E-state index contributed by atoms with van der Waals surface area (Å²) >= 11 is 7.50. The number of nitrogens with one attached hydrogen (secondary N) is 1. The maximum atomic E-state index is 12.9. The Morgan fingerprint density at radius 2 is 1.86 bits per heavy atom. The lowest BCUT2D eigenvalue weighted by atomic mass is 10.1. The topological polar surface area (TPSA) is 89.9 Å². The number of hydrogen-bond acceptors (Lipinski definition) is 6. The highest BCUT2D eigenvalue weighted by atomic mass is 35.5. The second-order valence-electron chi connectivity index (χ2n) is 6.40. The van der Waals surface area contributed by atoms with E-state index in [9.17, 15) is 9.59 Å². The summed E-state index contributed by atoms with van der Waals surface area (Å²) in [6.07, 6.45) is 0. The highest BCUT2D eigenvalue weighted by molar-refractivity contribution is 7.99. The highest BCUT2D eigenvalue weighted by Gasteiger charge is 2.26. The molecule has 2 aromatic heterocycles. The predicted molar refractivity (Wildman–Crippen MR) is 113 cm³/mol. The van der Waals surface area contributed by atoms with Gasteiger partial charge in [0, 0.05) is 24.0 Å². The summed E-state index contributed by atoms with van der Waals surface area (Å²) in [4.78, 5) is 28.2. The molecule has 0 aliphatic rings. The number of aromatic nitrogens is 4. The Balaban J connectivity index is 1.81. The summed E-state index contributed by atoms with van der Waals surface area (Å²) in [6, 6.07) is 7.37. The lowest BCUT2D eigenvalue weighted by molar-refractivity contribution is 0.0522. The molecular weight excluding hydrogens is 412 g/mol. The molecule has 2 heterocycles. The van der Waals surface area contributed by atoms with Crippen molar-refractivity contribution in [1.29, 1.82) is 0 Å². The number of Topliss-reactive ketones (excluding diaryl/α,β-unsaturated/α-hetero) is 1. The fourth-order valence-corrected chi connectivity index (χ4v) is 4.11. The maximum absolute atomic E-state index is 12.9. The first-order chi connectivity index (χ1) is 13.8. The van der Waals surface area contributed by atoms with Gasteiger partial charge in [-0.15, -0.1) is 10.2 Å². The fraction of sp³-hybridized carbons (Fsp3) is 0.300. The number of aryl methyl sites for hydroxylation is 2. The third kappa shape index (κ3) is 4.23. The SMILES string of the molecule is CCOC(=O)c1c(C)[nH]c(C)c1C(=O)CSc1nnc(-c2ccccc2Cl)n1C. The minimum Gasteiger partial charge on any atom is -0.462 e. The lowest BCUT2D eigenvalue weighted by Gasteiger charge is -2.07. The number of ketones is 1. The Morgan fingerprint density at radius 3 is 2.55 bits per heavy atom. The second-order valence-corrected chi connectivity index (χ2v) is 7.75. The van der Waals surface area contributed by atoms with Crippen molar-refractivity contribution in [2.75, 3.05) is 12.4 Å². The molecule has 29 heavy (non-hydrogen) atoms. The highest BCUT2D eigenvalue weighted by Crippen LogP contribution is 2.29. The molecule has 0 saturated heterocycles. The molecule has 1 aromatic carbocycles. The number of rotatable bonds is 7. The molecule has 0 bridgehead atoms. The number of aromatic amines is 1. The van der Waals surface area contributed by atoms with E-state index in [0.29, 0.717) is 38.5 Å². The van der Waals surface area contributed by atoms with Crippen LogP contribution in [0.5, 0.6) is 0 Å². The van der Waals surface area contributed by atoms with Crippen LogP contribution in [0.3, 0.4) is 0 Å². The van der Waals surface area contributed by atoms with Crippen LogP contribution in [0, 0.1) is 13.8 Å². The molecule has 0 unspecified atom stereocenters. The van der Waals surface area contributed by atoms with E-state index >= 15 is 0 Å². The Morgan fingerprint density at radius 1 is 1.17 bits per heavy atom. The smallest absolute Gasteiger partial charge is 0.340 e. The number of H-pyrrole nitrogens is 1. The minimum absolute atomic E-state index is 0.110. The molecule has 0 aliphatic heterocycles. The van der Waals surface area contributed by atoms with Gasteiger partial charge in [-0.05, 0) is 32.9 Å². The molecule has 1 N–H and O–H groups in total. The Labute approximate surface area is 177 Å². The minimum atomic E-state index is -0.498. The average Bonchev–Trinajstić information content (AvgIpc) is 3.19. The fourth-order valence-electron chi connectivity index (χ4n) is 3.11. The van der Waals surface area contributed by atoms with Gasteiger partial charge in [-0.1, -0.05) is 35.5 Å². The summed E-state index contributed by atoms with van der Waals surface area (Å²) in [5.41, 5.74) is 2.69. The van der Waals surface area contributed by atoms with Crippen molar-refractivity contribution >= 4 is 35.1 Å². The van der Waals surface area contributed by atoms with Crippen LogP contribution in [0.4, 0.5) is 0 Å². The molecule has 0 aliphatic carbocycles. The van der Waals surface area contributed by atoms with Crippen molar-refractivity contribution in [3.8, 4) is 11.4 Å². The lowest BCUT2D eigenvalue weighted by Crippen LogP contribution is -2.13. The van der Waals surface area contributed by atoms with Gasteiger partial charge in [0.1, 0.15) is 0 Å². The summed E-state index contributed by atoms with van der Waals surface area (Å²) in [6.45, 7) is 5.50.